The third kappa shape index (κ3) is 4.30. The molecule has 0 unspecified atom stereocenters. The lowest BCUT2D eigenvalue weighted by Crippen LogP contribution is -2.24. The minimum absolute atomic E-state index is 0.0931. The second-order valence-electron chi connectivity index (χ2n) is 4.99. The van der Waals surface area contributed by atoms with Crippen molar-refractivity contribution in [3.05, 3.63) is 41.6 Å². The van der Waals surface area contributed by atoms with Crippen molar-refractivity contribution in [1.82, 2.24) is 15.5 Å². The summed E-state index contributed by atoms with van der Waals surface area (Å²) in [5.74, 6) is 1.85. The Balaban J connectivity index is 1.83. The van der Waals surface area contributed by atoms with Gasteiger partial charge >= 0.3 is 0 Å². The fraction of sp³-hybridized carbons (Fsp3) is 0.400. The summed E-state index contributed by atoms with van der Waals surface area (Å²) < 4.78 is 10.5. The molecule has 1 aromatic heterocycles. The van der Waals surface area contributed by atoms with Crippen LogP contribution in [0.25, 0.3) is 0 Å². The molecule has 21 heavy (non-hydrogen) atoms. The van der Waals surface area contributed by atoms with Gasteiger partial charge in [0.15, 0.2) is 0 Å². The van der Waals surface area contributed by atoms with Crippen LogP contribution >= 0.6 is 0 Å². The molecule has 0 radical (unpaired) electrons. The Bertz CT molecular complexity index is 590. The number of carbonyl (C=O) groups is 1. The molecular weight excluding hydrogens is 270 g/mol. The van der Waals surface area contributed by atoms with E-state index in [0.29, 0.717) is 18.2 Å². The van der Waals surface area contributed by atoms with Gasteiger partial charge in [0, 0.05) is 5.92 Å². The number of benzene rings is 1. The molecule has 112 valence electrons. The molecule has 0 bridgehead atoms. The van der Waals surface area contributed by atoms with Gasteiger partial charge < -0.3 is 14.5 Å². The summed E-state index contributed by atoms with van der Waals surface area (Å²) in [6.45, 7) is 4.19. The second kappa shape index (κ2) is 6.88. The molecule has 1 aromatic carbocycles. The van der Waals surface area contributed by atoms with Crippen LogP contribution in [0, 0.1) is 0 Å². The van der Waals surface area contributed by atoms with Crippen LogP contribution in [-0.2, 0) is 17.8 Å². The number of amides is 1. The van der Waals surface area contributed by atoms with Crippen LogP contribution in [0.5, 0.6) is 5.75 Å². The molecular formula is C15H19N3O3. The summed E-state index contributed by atoms with van der Waals surface area (Å²) in [6.07, 6.45) is 0.301. The molecule has 6 nitrogen and oxygen atoms in total. The number of methoxy groups -OCH3 is 1. The predicted octanol–water partition coefficient (Wildman–Crippen LogP) is 2.06. The van der Waals surface area contributed by atoms with Crippen molar-refractivity contribution in [3.8, 4) is 5.75 Å². The minimum Gasteiger partial charge on any atom is -0.497 e. The molecule has 1 heterocycles. The number of nitrogens with one attached hydrogen (secondary N) is 1. The molecule has 2 aromatic rings. The molecule has 1 amide bonds. The topological polar surface area (TPSA) is 77.2 Å². The van der Waals surface area contributed by atoms with Gasteiger partial charge in [0.25, 0.3) is 0 Å². The van der Waals surface area contributed by atoms with E-state index >= 15 is 0 Å². The van der Waals surface area contributed by atoms with E-state index in [0.717, 1.165) is 11.3 Å². The maximum atomic E-state index is 11.8. The number of carbonyl (C=O) groups excluding carboxylic acids is 1. The zero-order valence-corrected chi connectivity index (χ0v) is 12.4. The first kappa shape index (κ1) is 15.0. The highest BCUT2D eigenvalue weighted by molar-refractivity contribution is 5.78. The first-order valence-corrected chi connectivity index (χ1v) is 6.80. The van der Waals surface area contributed by atoms with Gasteiger partial charge in [-0.15, -0.1) is 10.2 Å². The van der Waals surface area contributed by atoms with Gasteiger partial charge in [0.2, 0.25) is 17.7 Å². The molecule has 0 aliphatic heterocycles. The zero-order chi connectivity index (χ0) is 15.2. The van der Waals surface area contributed by atoms with Crippen molar-refractivity contribution in [2.24, 2.45) is 0 Å². The molecule has 6 heteroatoms. The maximum absolute atomic E-state index is 11.8. The van der Waals surface area contributed by atoms with Gasteiger partial charge in [-0.1, -0.05) is 26.0 Å². The molecule has 0 saturated heterocycles. The van der Waals surface area contributed by atoms with Crippen LogP contribution in [0.15, 0.2) is 28.7 Å². The van der Waals surface area contributed by atoms with Crippen LogP contribution in [0.4, 0.5) is 0 Å². The lowest BCUT2D eigenvalue weighted by Gasteiger charge is -2.04. The van der Waals surface area contributed by atoms with Gasteiger partial charge in [-0.25, -0.2) is 0 Å². The van der Waals surface area contributed by atoms with Gasteiger partial charge in [-0.3, -0.25) is 4.79 Å². The Kier molecular flexibility index (Phi) is 4.92. The van der Waals surface area contributed by atoms with Crippen molar-refractivity contribution in [1.29, 1.82) is 0 Å². The lowest BCUT2D eigenvalue weighted by atomic mass is 10.1. The van der Waals surface area contributed by atoms with Gasteiger partial charge in [0.05, 0.1) is 20.1 Å². The van der Waals surface area contributed by atoms with E-state index in [1.165, 1.54) is 0 Å². The zero-order valence-electron chi connectivity index (χ0n) is 12.4. The van der Waals surface area contributed by atoms with Crippen LogP contribution in [0.3, 0.4) is 0 Å². The molecule has 2 rings (SSSR count). The summed E-state index contributed by atoms with van der Waals surface area (Å²) in [5, 5.41) is 10.6. The van der Waals surface area contributed by atoms with Crippen molar-refractivity contribution in [2.75, 3.05) is 7.11 Å². The highest BCUT2D eigenvalue weighted by Gasteiger charge is 2.10. The van der Waals surface area contributed by atoms with Crippen LogP contribution < -0.4 is 10.1 Å². The standard InChI is InChI=1S/C15H19N3O3/c1-10(2)15-18-17-14(21-15)9-16-13(19)8-11-4-6-12(20-3)7-5-11/h4-7,10H,8-9H2,1-3H3,(H,16,19). The second-order valence-corrected chi connectivity index (χ2v) is 4.99. The fourth-order valence-electron chi connectivity index (χ4n) is 1.74. The number of nitrogens with zero attached hydrogens (tertiary/aromatic N) is 2. The Hall–Kier alpha value is -2.37. The lowest BCUT2D eigenvalue weighted by molar-refractivity contribution is -0.120. The van der Waals surface area contributed by atoms with E-state index in [1.54, 1.807) is 7.11 Å². The van der Waals surface area contributed by atoms with Gasteiger partial charge in [-0.2, -0.15) is 0 Å². The summed E-state index contributed by atoms with van der Waals surface area (Å²) in [4.78, 5) is 11.8. The van der Waals surface area contributed by atoms with Gasteiger partial charge in [0.1, 0.15) is 5.75 Å². The minimum atomic E-state index is -0.0931. The van der Waals surface area contributed by atoms with Gasteiger partial charge in [-0.05, 0) is 17.7 Å². The SMILES string of the molecule is COc1ccc(CC(=O)NCc2nnc(C(C)C)o2)cc1. The van der Waals surface area contributed by atoms with Crippen LogP contribution in [0.2, 0.25) is 0 Å². The Labute approximate surface area is 123 Å². The van der Waals surface area contributed by atoms with E-state index in [2.05, 4.69) is 15.5 Å². The Morgan fingerprint density at radius 2 is 2.00 bits per heavy atom. The fourth-order valence-corrected chi connectivity index (χ4v) is 1.74. The number of hydrogen-bond acceptors (Lipinski definition) is 5. The quantitative estimate of drug-likeness (QED) is 0.880. The summed E-state index contributed by atoms with van der Waals surface area (Å²) in [7, 11) is 1.61. The normalized spacial score (nSPS) is 10.7. The summed E-state index contributed by atoms with van der Waals surface area (Å²) >= 11 is 0. The third-order valence-corrected chi connectivity index (χ3v) is 2.94. The summed E-state index contributed by atoms with van der Waals surface area (Å²) in [5.41, 5.74) is 0.918. The molecule has 0 atom stereocenters. The molecule has 0 aliphatic carbocycles. The molecule has 0 fully saturated rings. The van der Waals surface area contributed by atoms with Crippen molar-refractivity contribution in [2.45, 2.75) is 32.7 Å². The number of ether oxygens (including phenoxy) is 1. The van der Waals surface area contributed by atoms with E-state index in [1.807, 2.05) is 38.1 Å². The number of aromatic nitrogens is 2. The maximum Gasteiger partial charge on any atom is 0.235 e. The largest absolute Gasteiger partial charge is 0.497 e. The van der Waals surface area contributed by atoms with Crippen molar-refractivity contribution >= 4 is 5.91 Å². The van der Waals surface area contributed by atoms with Crippen LogP contribution in [-0.4, -0.2) is 23.2 Å². The van der Waals surface area contributed by atoms with Crippen molar-refractivity contribution < 1.29 is 13.9 Å². The van der Waals surface area contributed by atoms with Crippen LogP contribution in [0.1, 0.15) is 37.1 Å². The Morgan fingerprint density at radius 3 is 2.57 bits per heavy atom. The first-order valence-electron chi connectivity index (χ1n) is 6.80. The van der Waals surface area contributed by atoms with E-state index < -0.39 is 0 Å². The van der Waals surface area contributed by atoms with E-state index in [-0.39, 0.29) is 18.4 Å². The first-order chi connectivity index (χ1) is 10.1. The number of rotatable bonds is 6. The van der Waals surface area contributed by atoms with E-state index in [4.69, 9.17) is 9.15 Å². The average Bonchev–Trinajstić information content (AvgIpc) is 2.95. The molecule has 0 aliphatic rings. The van der Waals surface area contributed by atoms with Crippen molar-refractivity contribution in [3.63, 3.8) is 0 Å². The smallest absolute Gasteiger partial charge is 0.235 e. The Morgan fingerprint density at radius 1 is 1.29 bits per heavy atom. The highest BCUT2D eigenvalue weighted by atomic mass is 16.5. The average molecular weight is 289 g/mol. The highest BCUT2D eigenvalue weighted by Crippen LogP contribution is 2.13. The monoisotopic (exact) mass is 289 g/mol. The molecule has 0 saturated carbocycles. The predicted molar refractivity (Wildman–Crippen MR) is 76.9 cm³/mol. The molecule has 1 N–H and O–H groups in total. The summed E-state index contributed by atoms with van der Waals surface area (Å²) in [6, 6.07) is 7.38. The molecule has 0 spiro atoms. The van der Waals surface area contributed by atoms with E-state index in [9.17, 15) is 4.79 Å². The number of hydrogen-bond donors (Lipinski definition) is 1. The third-order valence-electron chi connectivity index (χ3n) is 2.94.